The van der Waals surface area contributed by atoms with Gasteiger partial charge in [-0.05, 0) is 24.6 Å². The van der Waals surface area contributed by atoms with Crippen LogP contribution in [0, 0.1) is 18.8 Å². The molecule has 1 amide bonds. The molecule has 0 aromatic heterocycles. The molecule has 0 saturated carbocycles. The van der Waals surface area contributed by atoms with E-state index >= 15 is 0 Å². The van der Waals surface area contributed by atoms with Crippen LogP contribution in [0.4, 0.5) is 13.2 Å². The van der Waals surface area contributed by atoms with Crippen LogP contribution in [0.3, 0.4) is 0 Å². The zero-order valence-corrected chi connectivity index (χ0v) is 11.9. The Kier molecular flexibility index (Phi) is 5.79. The summed E-state index contributed by atoms with van der Waals surface area (Å²) in [5.41, 5.74) is 6.94. The molecule has 0 atom stereocenters. The van der Waals surface area contributed by atoms with Gasteiger partial charge in [0, 0.05) is 24.7 Å². The number of hydrogen-bond acceptors (Lipinski definition) is 2. The van der Waals surface area contributed by atoms with Gasteiger partial charge >= 0.3 is 6.18 Å². The van der Waals surface area contributed by atoms with Crippen molar-refractivity contribution in [2.45, 2.75) is 19.5 Å². The van der Waals surface area contributed by atoms with Crippen molar-refractivity contribution >= 4 is 5.91 Å². The molecule has 0 aliphatic carbocycles. The van der Waals surface area contributed by atoms with Crippen molar-refractivity contribution in [2.75, 3.05) is 20.1 Å². The molecule has 1 aromatic carbocycles. The van der Waals surface area contributed by atoms with Gasteiger partial charge in [0.25, 0.3) is 5.91 Å². The van der Waals surface area contributed by atoms with Crippen LogP contribution in [0.2, 0.25) is 0 Å². The number of rotatable bonds is 3. The second kappa shape index (κ2) is 7.14. The molecule has 0 radical (unpaired) electrons. The lowest BCUT2D eigenvalue weighted by Crippen LogP contribution is -2.31. The molecule has 0 aliphatic rings. The highest BCUT2D eigenvalue weighted by Gasteiger charge is 2.28. The Balaban J connectivity index is 2.92. The van der Waals surface area contributed by atoms with E-state index in [9.17, 15) is 18.0 Å². The summed E-state index contributed by atoms with van der Waals surface area (Å²) in [7, 11) is 1.35. The normalized spacial score (nSPS) is 10.8. The molecule has 1 rings (SSSR count). The van der Waals surface area contributed by atoms with E-state index in [0.29, 0.717) is 16.7 Å². The lowest BCUT2D eigenvalue weighted by molar-refractivity contribution is -0.136. The summed E-state index contributed by atoms with van der Waals surface area (Å²) in [5, 5.41) is 0. The molecule has 0 saturated heterocycles. The Hall–Kier alpha value is -2.00. The van der Waals surface area contributed by atoms with Gasteiger partial charge < -0.3 is 10.6 Å². The summed E-state index contributed by atoms with van der Waals surface area (Å²) in [6.07, 6.45) is -5.31. The maximum atomic E-state index is 12.2. The molecule has 0 aliphatic heterocycles. The lowest BCUT2D eigenvalue weighted by atomic mass is 10.0. The fourth-order valence-electron chi connectivity index (χ4n) is 1.75. The first-order chi connectivity index (χ1) is 9.76. The van der Waals surface area contributed by atoms with E-state index in [1.807, 2.05) is 0 Å². The molecule has 21 heavy (non-hydrogen) atoms. The van der Waals surface area contributed by atoms with Crippen LogP contribution in [-0.2, 0) is 0 Å². The van der Waals surface area contributed by atoms with Gasteiger partial charge in [-0.15, -0.1) is 0 Å². The summed E-state index contributed by atoms with van der Waals surface area (Å²) in [5.74, 6) is 5.08. The summed E-state index contributed by atoms with van der Waals surface area (Å²) >= 11 is 0. The first-order valence-corrected chi connectivity index (χ1v) is 6.37. The Morgan fingerprint density at radius 3 is 2.62 bits per heavy atom. The van der Waals surface area contributed by atoms with Crippen LogP contribution in [0.15, 0.2) is 18.2 Å². The van der Waals surface area contributed by atoms with Gasteiger partial charge in [0.05, 0.1) is 13.0 Å². The van der Waals surface area contributed by atoms with Crippen LogP contribution in [0.25, 0.3) is 0 Å². The predicted molar refractivity (Wildman–Crippen MR) is 74.7 cm³/mol. The number of nitrogens with two attached hydrogens (primary N) is 1. The van der Waals surface area contributed by atoms with Gasteiger partial charge in [0.1, 0.15) is 0 Å². The SMILES string of the molecule is Cc1c(C#CCN)cccc1C(=O)N(C)CCC(F)(F)F. The van der Waals surface area contributed by atoms with Crippen molar-refractivity contribution in [3.8, 4) is 11.8 Å². The molecule has 1 aromatic rings. The van der Waals surface area contributed by atoms with Gasteiger partial charge in [-0.1, -0.05) is 17.9 Å². The Labute approximate surface area is 121 Å². The van der Waals surface area contributed by atoms with Gasteiger partial charge in [-0.2, -0.15) is 13.2 Å². The number of halogens is 3. The highest BCUT2D eigenvalue weighted by atomic mass is 19.4. The summed E-state index contributed by atoms with van der Waals surface area (Å²) in [6, 6.07) is 4.97. The van der Waals surface area contributed by atoms with E-state index in [2.05, 4.69) is 11.8 Å². The number of carbonyl (C=O) groups is 1. The first kappa shape index (κ1) is 17.1. The third kappa shape index (κ3) is 5.12. The van der Waals surface area contributed by atoms with Crippen LogP contribution in [-0.4, -0.2) is 37.1 Å². The minimum absolute atomic E-state index is 0.198. The molecular weight excluding hydrogens is 281 g/mol. The third-order valence-electron chi connectivity index (χ3n) is 2.97. The molecule has 0 unspecified atom stereocenters. The second-order valence-corrected chi connectivity index (χ2v) is 4.58. The largest absolute Gasteiger partial charge is 0.390 e. The van der Waals surface area contributed by atoms with Gasteiger partial charge in [0.2, 0.25) is 0 Å². The Morgan fingerprint density at radius 2 is 2.05 bits per heavy atom. The van der Waals surface area contributed by atoms with Gasteiger partial charge in [-0.3, -0.25) is 4.79 Å². The van der Waals surface area contributed by atoms with Gasteiger partial charge in [0.15, 0.2) is 0 Å². The fourth-order valence-corrected chi connectivity index (χ4v) is 1.75. The van der Waals surface area contributed by atoms with Crippen molar-refractivity contribution in [3.05, 3.63) is 34.9 Å². The molecular formula is C15H17F3N2O. The maximum Gasteiger partial charge on any atom is 0.390 e. The zero-order valence-electron chi connectivity index (χ0n) is 11.9. The summed E-state index contributed by atoms with van der Waals surface area (Å²) < 4.78 is 36.6. The van der Waals surface area contributed by atoms with E-state index < -0.39 is 18.5 Å². The molecule has 0 fully saturated rings. The van der Waals surface area contributed by atoms with Crippen LogP contribution < -0.4 is 5.73 Å². The topological polar surface area (TPSA) is 46.3 Å². The fraction of sp³-hybridized carbons (Fsp3) is 0.400. The molecule has 0 spiro atoms. The van der Waals surface area contributed by atoms with Crippen molar-refractivity contribution in [2.24, 2.45) is 5.73 Å². The molecule has 0 heterocycles. The van der Waals surface area contributed by atoms with Crippen LogP contribution >= 0.6 is 0 Å². The molecule has 114 valence electrons. The predicted octanol–water partition coefficient (Wildman–Crippen LogP) is 2.33. The van der Waals surface area contributed by atoms with E-state index in [1.165, 1.54) is 7.05 Å². The average molecular weight is 298 g/mol. The summed E-state index contributed by atoms with van der Waals surface area (Å²) in [6.45, 7) is 1.54. The standard InChI is InChI=1S/C15H17F3N2O/c1-11-12(6-4-9-19)5-3-7-13(11)14(21)20(2)10-8-15(16,17)18/h3,5,7H,8-10,19H2,1-2H3. The van der Waals surface area contributed by atoms with Crippen molar-refractivity contribution in [3.63, 3.8) is 0 Å². The number of hydrogen-bond donors (Lipinski definition) is 1. The number of benzene rings is 1. The summed E-state index contributed by atoms with van der Waals surface area (Å²) in [4.78, 5) is 13.3. The van der Waals surface area contributed by atoms with Crippen molar-refractivity contribution < 1.29 is 18.0 Å². The number of alkyl halides is 3. The van der Waals surface area contributed by atoms with E-state index in [1.54, 1.807) is 25.1 Å². The molecule has 0 bridgehead atoms. The number of nitrogens with zero attached hydrogens (tertiary/aromatic N) is 1. The minimum Gasteiger partial charge on any atom is -0.341 e. The smallest absolute Gasteiger partial charge is 0.341 e. The maximum absolute atomic E-state index is 12.2. The lowest BCUT2D eigenvalue weighted by Gasteiger charge is -2.19. The van der Waals surface area contributed by atoms with E-state index in [4.69, 9.17) is 5.73 Å². The van der Waals surface area contributed by atoms with Gasteiger partial charge in [-0.25, -0.2) is 0 Å². The first-order valence-electron chi connectivity index (χ1n) is 6.37. The number of amides is 1. The van der Waals surface area contributed by atoms with Crippen molar-refractivity contribution in [1.29, 1.82) is 0 Å². The number of carbonyl (C=O) groups excluding carboxylic acids is 1. The van der Waals surface area contributed by atoms with Crippen LogP contribution in [0.5, 0.6) is 0 Å². The molecule has 2 N–H and O–H groups in total. The highest BCUT2D eigenvalue weighted by Crippen LogP contribution is 2.20. The highest BCUT2D eigenvalue weighted by molar-refractivity contribution is 5.96. The monoisotopic (exact) mass is 298 g/mol. The van der Waals surface area contributed by atoms with E-state index in [-0.39, 0.29) is 13.1 Å². The van der Waals surface area contributed by atoms with Crippen molar-refractivity contribution in [1.82, 2.24) is 4.90 Å². The molecule has 3 nitrogen and oxygen atoms in total. The molecule has 6 heteroatoms. The Bertz CT molecular complexity index is 571. The quantitative estimate of drug-likeness (QED) is 0.871. The third-order valence-corrected chi connectivity index (χ3v) is 2.97. The minimum atomic E-state index is -4.28. The average Bonchev–Trinajstić information content (AvgIpc) is 2.42. The second-order valence-electron chi connectivity index (χ2n) is 4.58. The Morgan fingerprint density at radius 1 is 1.38 bits per heavy atom. The van der Waals surface area contributed by atoms with Crippen LogP contribution in [0.1, 0.15) is 27.9 Å². The van der Waals surface area contributed by atoms with E-state index in [0.717, 1.165) is 4.90 Å². The zero-order chi connectivity index (χ0) is 16.0.